The van der Waals surface area contributed by atoms with Gasteiger partial charge in [0.25, 0.3) is 5.91 Å². The number of aromatic amines is 1. The predicted molar refractivity (Wildman–Crippen MR) is 116 cm³/mol. The van der Waals surface area contributed by atoms with Gasteiger partial charge < -0.3 is 20.1 Å². The molecule has 0 radical (unpaired) electrons. The van der Waals surface area contributed by atoms with E-state index in [1.54, 1.807) is 22.9 Å². The second-order valence-electron chi connectivity index (χ2n) is 7.56. The summed E-state index contributed by atoms with van der Waals surface area (Å²) in [5.74, 6) is 1.03. The first-order valence-corrected chi connectivity index (χ1v) is 11.1. The molecule has 28 heavy (non-hydrogen) atoms. The zero-order valence-corrected chi connectivity index (χ0v) is 17.7. The van der Waals surface area contributed by atoms with Gasteiger partial charge in [0.15, 0.2) is 0 Å². The van der Waals surface area contributed by atoms with Gasteiger partial charge >= 0.3 is 0 Å². The monoisotopic (exact) mass is 402 g/mol. The summed E-state index contributed by atoms with van der Waals surface area (Å²) < 4.78 is 0. The van der Waals surface area contributed by atoms with Crippen LogP contribution < -0.4 is 5.32 Å². The Bertz CT molecular complexity index is 822. The summed E-state index contributed by atoms with van der Waals surface area (Å²) in [5, 5.41) is 4.00. The highest BCUT2D eigenvalue weighted by Crippen LogP contribution is 2.26. The van der Waals surface area contributed by atoms with Gasteiger partial charge in [-0.2, -0.15) is 0 Å². The number of hydrogen-bond acceptors (Lipinski definition) is 4. The maximum atomic E-state index is 13.1. The number of thioether (sulfide) groups is 1. The Labute approximate surface area is 171 Å². The van der Waals surface area contributed by atoms with E-state index >= 15 is 0 Å². The van der Waals surface area contributed by atoms with E-state index in [0.717, 1.165) is 36.8 Å². The van der Waals surface area contributed by atoms with Crippen molar-refractivity contribution in [1.29, 1.82) is 0 Å². The fourth-order valence-electron chi connectivity index (χ4n) is 3.63. The van der Waals surface area contributed by atoms with E-state index in [-0.39, 0.29) is 17.9 Å². The van der Waals surface area contributed by atoms with Gasteiger partial charge in [-0.1, -0.05) is 31.5 Å². The van der Waals surface area contributed by atoms with Crippen LogP contribution in [0.2, 0.25) is 0 Å². The summed E-state index contributed by atoms with van der Waals surface area (Å²) in [7, 11) is 2.08. The summed E-state index contributed by atoms with van der Waals surface area (Å²) in [6.07, 6.45) is 4.06. The van der Waals surface area contributed by atoms with E-state index in [1.807, 2.05) is 31.2 Å². The number of fused-ring (bicyclic) bond motifs is 1. The van der Waals surface area contributed by atoms with E-state index in [0.29, 0.717) is 17.2 Å². The van der Waals surface area contributed by atoms with Crippen LogP contribution >= 0.6 is 11.8 Å². The second kappa shape index (κ2) is 9.47. The summed E-state index contributed by atoms with van der Waals surface area (Å²) in [6, 6.07) is 7.37. The zero-order chi connectivity index (χ0) is 20.1. The molecule has 2 heterocycles. The average Bonchev–Trinajstić information content (AvgIpc) is 3.32. The highest BCUT2D eigenvalue weighted by molar-refractivity contribution is 7.99. The molecule has 7 heteroatoms. The van der Waals surface area contributed by atoms with Crippen LogP contribution in [-0.2, 0) is 4.79 Å². The smallest absolute Gasteiger partial charge is 0.257 e. The van der Waals surface area contributed by atoms with Gasteiger partial charge in [-0.25, -0.2) is 0 Å². The summed E-state index contributed by atoms with van der Waals surface area (Å²) in [4.78, 5) is 33.1. The first kappa shape index (κ1) is 20.7. The van der Waals surface area contributed by atoms with E-state index in [4.69, 9.17) is 0 Å². The van der Waals surface area contributed by atoms with Gasteiger partial charge in [-0.15, -0.1) is 11.8 Å². The molecule has 6 nitrogen and oxygen atoms in total. The number of H-pyrrole nitrogens is 1. The summed E-state index contributed by atoms with van der Waals surface area (Å²) in [5.41, 5.74) is 1.56. The molecule has 0 aliphatic carbocycles. The zero-order valence-electron chi connectivity index (χ0n) is 16.9. The van der Waals surface area contributed by atoms with Crippen LogP contribution in [0.5, 0.6) is 0 Å². The van der Waals surface area contributed by atoms with E-state index in [1.165, 1.54) is 0 Å². The Morgan fingerprint density at radius 1 is 1.39 bits per heavy atom. The molecule has 2 aromatic rings. The number of carbonyl (C=O) groups is 2. The van der Waals surface area contributed by atoms with Crippen molar-refractivity contribution in [2.45, 2.75) is 38.8 Å². The first-order chi connectivity index (χ1) is 13.5. The molecule has 1 aromatic carbocycles. The van der Waals surface area contributed by atoms with E-state index in [9.17, 15) is 9.59 Å². The number of hydrogen-bond donors (Lipinski definition) is 2. The van der Waals surface area contributed by atoms with Crippen LogP contribution in [0.15, 0.2) is 30.5 Å². The third-order valence-electron chi connectivity index (χ3n) is 5.13. The van der Waals surface area contributed by atoms with Gasteiger partial charge in [-0.05, 0) is 33.0 Å². The number of rotatable bonds is 8. The van der Waals surface area contributed by atoms with Gasteiger partial charge in [0.05, 0.1) is 11.4 Å². The Balaban J connectivity index is 1.63. The van der Waals surface area contributed by atoms with Crippen molar-refractivity contribution in [1.82, 2.24) is 20.1 Å². The van der Waals surface area contributed by atoms with Crippen LogP contribution in [0.4, 0.5) is 0 Å². The Morgan fingerprint density at radius 3 is 2.96 bits per heavy atom. The van der Waals surface area contributed by atoms with Crippen molar-refractivity contribution < 1.29 is 9.59 Å². The highest BCUT2D eigenvalue weighted by atomic mass is 32.2. The number of para-hydroxylation sites is 1. The number of carbonyl (C=O) groups excluding carboxylic acids is 2. The van der Waals surface area contributed by atoms with Crippen molar-refractivity contribution in [2.24, 2.45) is 0 Å². The SMILES string of the molecule is CCCCN(C)C[C@@H](C)NC(=O)[C@@H]1CSCN1C(=O)c1c[nH]c2ccccc12. The Morgan fingerprint density at radius 2 is 2.18 bits per heavy atom. The fraction of sp³-hybridized carbons (Fsp3) is 0.524. The van der Waals surface area contributed by atoms with E-state index < -0.39 is 6.04 Å². The average molecular weight is 403 g/mol. The topological polar surface area (TPSA) is 68.4 Å². The van der Waals surface area contributed by atoms with Crippen molar-refractivity contribution >= 4 is 34.5 Å². The predicted octanol–water partition coefficient (Wildman–Crippen LogP) is 2.92. The van der Waals surface area contributed by atoms with Crippen molar-refractivity contribution in [3.05, 3.63) is 36.0 Å². The van der Waals surface area contributed by atoms with Gasteiger partial charge in [0.2, 0.25) is 5.91 Å². The maximum absolute atomic E-state index is 13.1. The molecule has 1 aromatic heterocycles. The minimum atomic E-state index is -0.422. The third-order valence-corrected chi connectivity index (χ3v) is 6.15. The molecule has 1 fully saturated rings. The molecule has 1 aliphatic heterocycles. The number of nitrogens with one attached hydrogen (secondary N) is 2. The Kier molecular flexibility index (Phi) is 7.02. The quantitative estimate of drug-likeness (QED) is 0.712. The summed E-state index contributed by atoms with van der Waals surface area (Å²) in [6.45, 7) is 6.04. The molecule has 2 N–H and O–H groups in total. The van der Waals surface area contributed by atoms with Gasteiger partial charge in [0.1, 0.15) is 6.04 Å². The minimum Gasteiger partial charge on any atom is -0.360 e. The van der Waals surface area contributed by atoms with Crippen molar-refractivity contribution in [2.75, 3.05) is 31.8 Å². The number of unbranched alkanes of at least 4 members (excludes halogenated alkanes) is 1. The van der Waals surface area contributed by atoms with Gasteiger partial charge in [0, 0.05) is 35.4 Å². The van der Waals surface area contributed by atoms with Crippen LogP contribution in [0.3, 0.4) is 0 Å². The van der Waals surface area contributed by atoms with Crippen molar-refractivity contribution in [3.8, 4) is 0 Å². The molecule has 0 bridgehead atoms. The van der Waals surface area contributed by atoms with E-state index in [2.05, 4.69) is 29.2 Å². The largest absolute Gasteiger partial charge is 0.360 e. The molecule has 0 saturated carbocycles. The molecule has 0 spiro atoms. The lowest BCUT2D eigenvalue weighted by atomic mass is 10.1. The van der Waals surface area contributed by atoms with Crippen LogP contribution in [0.25, 0.3) is 10.9 Å². The van der Waals surface area contributed by atoms with Crippen LogP contribution in [0.1, 0.15) is 37.0 Å². The standard InChI is InChI=1S/C21H30N4O2S/c1-4-5-10-24(3)12-15(2)23-20(26)19-13-28-14-25(19)21(27)17-11-22-18-9-7-6-8-16(17)18/h6-9,11,15,19,22H,4-5,10,12-14H2,1-3H3,(H,23,26)/t15-,19+/m1/s1. The molecule has 2 amide bonds. The normalized spacial score (nSPS) is 18.0. The molecule has 1 aliphatic rings. The second-order valence-corrected chi connectivity index (χ2v) is 8.56. The van der Waals surface area contributed by atoms with Crippen LogP contribution in [-0.4, -0.2) is 70.4 Å². The molecular formula is C21H30N4O2S. The molecular weight excluding hydrogens is 372 g/mol. The lowest BCUT2D eigenvalue weighted by Crippen LogP contribution is -2.51. The number of benzene rings is 1. The highest BCUT2D eigenvalue weighted by Gasteiger charge is 2.36. The first-order valence-electron chi connectivity index (χ1n) is 9.95. The number of nitrogens with zero attached hydrogens (tertiary/aromatic N) is 2. The lowest BCUT2D eigenvalue weighted by Gasteiger charge is -2.26. The third kappa shape index (κ3) is 4.70. The summed E-state index contributed by atoms with van der Waals surface area (Å²) >= 11 is 1.63. The molecule has 0 unspecified atom stereocenters. The Hall–Kier alpha value is -1.99. The minimum absolute atomic E-state index is 0.0463. The fourth-order valence-corrected chi connectivity index (χ4v) is 4.79. The molecule has 2 atom stereocenters. The van der Waals surface area contributed by atoms with Crippen molar-refractivity contribution in [3.63, 3.8) is 0 Å². The molecule has 152 valence electrons. The number of likely N-dealkylation sites (N-methyl/N-ethyl adjacent to an activating group) is 1. The van der Waals surface area contributed by atoms with Crippen LogP contribution in [0, 0.1) is 0 Å². The molecule has 3 rings (SSSR count). The van der Waals surface area contributed by atoms with Gasteiger partial charge in [-0.3, -0.25) is 9.59 Å². The number of aromatic nitrogens is 1. The maximum Gasteiger partial charge on any atom is 0.257 e. The lowest BCUT2D eigenvalue weighted by molar-refractivity contribution is -0.125. The molecule has 1 saturated heterocycles. The number of amides is 2.